The molecule has 2 aromatic rings. The summed E-state index contributed by atoms with van der Waals surface area (Å²) in [4.78, 5) is 8.47. The average molecular weight is 270 g/mol. The molecule has 0 bridgehead atoms. The van der Waals surface area contributed by atoms with E-state index in [0.29, 0.717) is 34.7 Å². The van der Waals surface area contributed by atoms with Crippen molar-refractivity contribution in [2.75, 3.05) is 11.9 Å². The van der Waals surface area contributed by atoms with Gasteiger partial charge in [0.15, 0.2) is 16.1 Å². The standard InChI is InChI=1S/C9H8ClN5OS/c1-5-13-7(16-15-5)2-3-12-9-14-8(10)6(4-11)17-9/h2-3H2,1H3,(H,12,14). The Morgan fingerprint density at radius 2 is 2.35 bits per heavy atom. The second kappa shape index (κ2) is 5.12. The highest BCUT2D eigenvalue weighted by Crippen LogP contribution is 2.25. The molecule has 2 aromatic heterocycles. The molecule has 0 atom stereocenters. The molecule has 2 heterocycles. The summed E-state index contributed by atoms with van der Waals surface area (Å²) in [5.74, 6) is 1.18. The van der Waals surface area contributed by atoms with Gasteiger partial charge < -0.3 is 9.84 Å². The van der Waals surface area contributed by atoms with Crippen LogP contribution in [0, 0.1) is 18.3 Å². The van der Waals surface area contributed by atoms with Gasteiger partial charge >= 0.3 is 0 Å². The fourth-order valence-electron chi connectivity index (χ4n) is 1.16. The van der Waals surface area contributed by atoms with E-state index in [4.69, 9.17) is 21.4 Å². The van der Waals surface area contributed by atoms with Crippen molar-refractivity contribution in [3.63, 3.8) is 0 Å². The average Bonchev–Trinajstić information content (AvgIpc) is 2.85. The van der Waals surface area contributed by atoms with Crippen LogP contribution in [0.5, 0.6) is 0 Å². The van der Waals surface area contributed by atoms with E-state index in [0.717, 1.165) is 0 Å². The van der Waals surface area contributed by atoms with E-state index < -0.39 is 0 Å². The van der Waals surface area contributed by atoms with E-state index in [-0.39, 0.29) is 5.15 Å². The first-order valence-electron chi connectivity index (χ1n) is 4.78. The second-order valence-corrected chi connectivity index (χ2v) is 4.52. The molecule has 0 radical (unpaired) electrons. The van der Waals surface area contributed by atoms with Gasteiger partial charge in [-0.15, -0.1) is 0 Å². The summed E-state index contributed by atoms with van der Waals surface area (Å²) in [6, 6.07) is 1.97. The van der Waals surface area contributed by atoms with Gasteiger partial charge in [-0.25, -0.2) is 4.98 Å². The zero-order valence-electron chi connectivity index (χ0n) is 8.90. The first-order valence-corrected chi connectivity index (χ1v) is 5.98. The number of nitrogens with zero attached hydrogens (tertiary/aromatic N) is 4. The predicted octanol–water partition coefficient (Wildman–Crippen LogP) is 2.01. The van der Waals surface area contributed by atoms with Gasteiger partial charge in [-0.05, 0) is 6.92 Å². The van der Waals surface area contributed by atoms with Crippen molar-refractivity contribution in [2.45, 2.75) is 13.3 Å². The second-order valence-electron chi connectivity index (χ2n) is 3.16. The summed E-state index contributed by atoms with van der Waals surface area (Å²) in [5.41, 5.74) is 0. The molecule has 0 spiro atoms. The fraction of sp³-hybridized carbons (Fsp3) is 0.333. The van der Waals surface area contributed by atoms with E-state index in [1.54, 1.807) is 6.92 Å². The largest absolute Gasteiger partial charge is 0.361 e. The molecule has 2 rings (SSSR count). The maximum atomic E-state index is 8.71. The monoisotopic (exact) mass is 269 g/mol. The minimum Gasteiger partial charge on any atom is -0.361 e. The molecule has 88 valence electrons. The van der Waals surface area contributed by atoms with Gasteiger partial charge in [0.25, 0.3) is 0 Å². The molecular formula is C9H8ClN5OS. The Morgan fingerprint density at radius 3 is 2.94 bits per heavy atom. The number of anilines is 1. The van der Waals surface area contributed by atoms with Crippen LogP contribution < -0.4 is 5.32 Å². The molecule has 0 aliphatic rings. The number of nitrogens with one attached hydrogen (secondary N) is 1. The Hall–Kier alpha value is -1.65. The molecule has 0 saturated heterocycles. The lowest BCUT2D eigenvalue weighted by Gasteiger charge is -1.97. The zero-order chi connectivity index (χ0) is 12.3. The van der Waals surface area contributed by atoms with Crippen LogP contribution in [0.4, 0.5) is 5.13 Å². The summed E-state index contributed by atoms with van der Waals surface area (Å²) in [6.45, 7) is 2.36. The van der Waals surface area contributed by atoms with E-state index in [2.05, 4.69) is 20.4 Å². The van der Waals surface area contributed by atoms with Gasteiger partial charge in [0.2, 0.25) is 5.89 Å². The van der Waals surface area contributed by atoms with Crippen molar-refractivity contribution in [3.05, 3.63) is 21.7 Å². The van der Waals surface area contributed by atoms with Gasteiger partial charge in [-0.3, -0.25) is 0 Å². The number of aryl methyl sites for hydroxylation is 1. The molecule has 0 saturated carbocycles. The third-order valence-electron chi connectivity index (χ3n) is 1.87. The van der Waals surface area contributed by atoms with Gasteiger partial charge in [0.1, 0.15) is 10.9 Å². The highest BCUT2D eigenvalue weighted by molar-refractivity contribution is 7.16. The third-order valence-corrected chi connectivity index (χ3v) is 3.18. The Labute approximate surface area is 106 Å². The van der Waals surface area contributed by atoms with Crippen LogP contribution in [0.2, 0.25) is 5.15 Å². The lowest BCUT2D eigenvalue weighted by Crippen LogP contribution is -2.04. The number of rotatable bonds is 4. The van der Waals surface area contributed by atoms with Crippen molar-refractivity contribution in [3.8, 4) is 6.07 Å². The summed E-state index contributed by atoms with van der Waals surface area (Å²) >= 11 is 6.96. The maximum Gasteiger partial charge on any atom is 0.228 e. The number of hydrogen-bond donors (Lipinski definition) is 1. The summed E-state index contributed by atoms with van der Waals surface area (Å²) in [7, 11) is 0. The van der Waals surface area contributed by atoms with Crippen molar-refractivity contribution in [2.24, 2.45) is 0 Å². The molecule has 0 aromatic carbocycles. The summed E-state index contributed by atoms with van der Waals surface area (Å²) in [6.07, 6.45) is 0.597. The third kappa shape index (κ3) is 2.93. The van der Waals surface area contributed by atoms with Crippen molar-refractivity contribution < 1.29 is 4.52 Å². The van der Waals surface area contributed by atoms with Gasteiger partial charge in [-0.2, -0.15) is 10.2 Å². The quantitative estimate of drug-likeness (QED) is 0.913. The molecular weight excluding hydrogens is 262 g/mol. The molecule has 0 aliphatic carbocycles. The maximum absolute atomic E-state index is 8.71. The highest BCUT2D eigenvalue weighted by Gasteiger charge is 2.08. The van der Waals surface area contributed by atoms with Crippen LogP contribution in [-0.4, -0.2) is 21.7 Å². The molecule has 6 nitrogen and oxygen atoms in total. The molecule has 0 amide bonds. The normalized spacial score (nSPS) is 10.2. The fourth-order valence-corrected chi connectivity index (χ4v) is 2.14. The molecule has 0 fully saturated rings. The number of aromatic nitrogens is 3. The lowest BCUT2D eigenvalue weighted by molar-refractivity contribution is 0.377. The zero-order valence-corrected chi connectivity index (χ0v) is 10.5. The SMILES string of the molecule is Cc1noc(CCNc2nc(Cl)c(C#N)s2)n1. The highest BCUT2D eigenvalue weighted by atomic mass is 35.5. The smallest absolute Gasteiger partial charge is 0.228 e. The summed E-state index contributed by atoms with van der Waals surface area (Å²) < 4.78 is 4.96. The molecule has 8 heteroatoms. The van der Waals surface area contributed by atoms with Crippen LogP contribution in [0.3, 0.4) is 0 Å². The van der Waals surface area contributed by atoms with Crippen LogP contribution in [-0.2, 0) is 6.42 Å². The first-order chi connectivity index (χ1) is 8.19. The van der Waals surface area contributed by atoms with Crippen molar-refractivity contribution in [1.29, 1.82) is 5.26 Å². The molecule has 0 unspecified atom stereocenters. The van der Waals surface area contributed by atoms with E-state index in [9.17, 15) is 0 Å². The Kier molecular flexibility index (Phi) is 3.56. The van der Waals surface area contributed by atoms with Crippen molar-refractivity contribution in [1.82, 2.24) is 15.1 Å². The van der Waals surface area contributed by atoms with Gasteiger partial charge in [0, 0.05) is 13.0 Å². The van der Waals surface area contributed by atoms with Gasteiger partial charge in [0.05, 0.1) is 0 Å². The van der Waals surface area contributed by atoms with E-state index in [1.807, 2.05) is 6.07 Å². The molecule has 1 N–H and O–H groups in total. The molecule has 17 heavy (non-hydrogen) atoms. The Bertz CT molecular complexity index is 558. The number of thiazole rings is 1. The topological polar surface area (TPSA) is 87.6 Å². The van der Waals surface area contributed by atoms with E-state index >= 15 is 0 Å². The van der Waals surface area contributed by atoms with Crippen LogP contribution >= 0.6 is 22.9 Å². The van der Waals surface area contributed by atoms with Gasteiger partial charge in [-0.1, -0.05) is 28.1 Å². The lowest BCUT2D eigenvalue weighted by atomic mass is 10.4. The van der Waals surface area contributed by atoms with Crippen molar-refractivity contribution >= 4 is 28.1 Å². The minimum atomic E-state index is 0.230. The van der Waals surface area contributed by atoms with Crippen LogP contribution in [0.1, 0.15) is 16.6 Å². The van der Waals surface area contributed by atoms with E-state index in [1.165, 1.54) is 11.3 Å². The molecule has 0 aliphatic heterocycles. The predicted molar refractivity (Wildman–Crippen MR) is 63.1 cm³/mol. The number of halogens is 1. The Morgan fingerprint density at radius 1 is 1.53 bits per heavy atom. The number of hydrogen-bond acceptors (Lipinski definition) is 7. The number of nitriles is 1. The first kappa shape index (κ1) is 11.8. The minimum absolute atomic E-state index is 0.230. The Balaban J connectivity index is 1.88. The van der Waals surface area contributed by atoms with Crippen LogP contribution in [0.25, 0.3) is 0 Å². The summed E-state index contributed by atoms with van der Waals surface area (Å²) in [5, 5.41) is 16.3. The van der Waals surface area contributed by atoms with Crippen LogP contribution in [0.15, 0.2) is 4.52 Å².